The third-order valence-electron chi connectivity index (χ3n) is 3.64. The van der Waals surface area contributed by atoms with Crippen molar-refractivity contribution < 1.29 is 14.6 Å². The third kappa shape index (κ3) is 7.72. The summed E-state index contributed by atoms with van der Waals surface area (Å²) in [5.41, 5.74) is 0.968. The van der Waals surface area contributed by atoms with E-state index in [9.17, 15) is 4.79 Å². The highest BCUT2D eigenvalue weighted by Gasteiger charge is 2.04. The zero-order valence-electron chi connectivity index (χ0n) is 15.2. The molecule has 5 nitrogen and oxygen atoms in total. The molecule has 1 atom stereocenters. The second-order valence-electron chi connectivity index (χ2n) is 5.78. The molecule has 1 unspecified atom stereocenters. The fourth-order valence-electron chi connectivity index (χ4n) is 2.22. The van der Waals surface area contributed by atoms with E-state index >= 15 is 0 Å². The minimum atomic E-state index is -0.950. The van der Waals surface area contributed by atoms with Gasteiger partial charge < -0.3 is 9.84 Å². The molecule has 1 aromatic carbocycles. The maximum absolute atomic E-state index is 10.8. The van der Waals surface area contributed by atoms with E-state index in [0.717, 1.165) is 30.7 Å². The van der Waals surface area contributed by atoms with Crippen LogP contribution in [0.25, 0.3) is 0 Å². The van der Waals surface area contributed by atoms with Gasteiger partial charge in [0.25, 0.3) is 0 Å². The Morgan fingerprint density at radius 3 is 2.52 bits per heavy atom. The number of carboxylic acids is 1. The number of allylic oxidation sites excluding steroid dienone is 4. The van der Waals surface area contributed by atoms with E-state index in [1.807, 2.05) is 6.08 Å². The Hall–Kier alpha value is -2.53. The highest BCUT2D eigenvalue weighted by atomic mass is 16.5. The van der Waals surface area contributed by atoms with Gasteiger partial charge in [0.05, 0.1) is 24.1 Å². The first-order chi connectivity index (χ1) is 12.0. The maximum Gasteiger partial charge on any atom is 0.335 e. The number of anilines is 1. The van der Waals surface area contributed by atoms with E-state index < -0.39 is 5.97 Å². The van der Waals surface area contributed by atoms with Crippen molar-refractivity contribution in [2.75, 3.05) is 12.1 Å². The van der Waals surface area contributed by atoms with Crippen molar-refractivity contribution in [2.24, 2.45) is 11.8 Å². The van der Waals surface area contributed by atoms with Crippen LogP contribution in [-0.4, -0.2) is 18.2 Å². The Bertz CT molecular complexity index is 618. The van der Waals surface area contributed by atoms with Crippen molar-refractivity contribution in [2.45, 2.75) is 33.1 Å². The normalized spacial score (nSPS) is 13.4. The first-order valence-corrected chi connectivity index (χ1v) is 8.41. The van der Waals surface area contributed by atoms with Gasteiger partial charge in [0.15, 0.2) is 0 Å². The fourth-order valence-corrected chi connectivity index (χ4v) is 2.22. The Balaban J connectivity index is 2.57. The highest BCUT2D eigenvalue weighted by Crippen LogP contribution is 2.15. The first kappa shape index (κ1) is 20.5. The Kier molecular flexibility index (Phi) is 9.11. The van der Waals surface area contributed by atoms with Crippen molar-refractivity contribution in [3.63, 3.8) is 0 Å². The van der Waals surface area contributed by atoms with Gasteiger partial charge in [-0.15, -0.1) is 0 Å². The summed E-state index contributed by atoms with van der Waals surface area (Å²) in [6.45, 7) is 4.23. The standard InChI is InChI=1S/C20H28N2O3/c1-4-5-6-9-19(25-3)15-16(2)8-7-14-22(21)18-12-10-17(11-13-18)20(23)24/h5-7,10-16H,4,8-9,21H2,1-3H3,(H,23,24)/b6-5-,14-7-,19-15+. The summed E-state index contributed by atoms with van der Waals surface area (Å²) in [5.74, 6) is 6.30. The predicted molar refractivity (Wildman–Crippen MR) is 102 cm³/mol. The summed E-state index contributed by atoms with van der Waals surface area (Å²) < 4.78 is 5.40. The molecule has 0 aromatic heterocycles. The number of nitrogens with zero attached hydrogens (tertiary/aromatic N) is 1. The molecule has 0 radical (unpaired) electrons. The summed E-state index contributed by atoms with van der Waals surface area (Å²) in [6.07, 6.45) is 12.8. The lowest BCUT2D eigenvalue weighted by Gasteiger charge is -2.14. The monoisotopic (exact) mass is 344 g/mol. The van der Waals surface area contributed by atoms with Gasteiger partial charge in [0, 0.05) is 12.6 Å². The number of ether oxygens (including phenoxy) is 1. The Morgan fingerprint density at radius 1 is 1.28 bits per heavy atom. The van der Waals surface area contributed by atoms with Gasteiger partial charge in [-0.3, -0.25) is 5.01 Å². The van der Waals surface area contributed by atoms with Crippen molar-refractivity contribution in [1.29, 1.82) is 0 Å². The minimum absolute atomic E-state index is 0.240. The molecule has 0 aliphatic heterocycles. The molecule has 0 fully saturated rings. The van der Waals surface area contributed by atoms with Crippen LogP contribution in [0.3, 0.4) is 0 Å². The summed E-state index contributed by atoms with van der Waals surface area (Å²) in [4.78, 5) is 10.8. The second kappa shape index (κ2) is 11.1. The third-order valence-corrected chi connectivity index (χ3v) is 3.64. The lowest BCUT2D eigenvalue weighted by molar-refractivity contribution is 0.0697. The maximum atomic E-state index is 10.8. The van der Waals surface area contributed by atoms with Gasteiger partial charge in [-0.25, -0.2) is 10.6 Å². The fraction of sp³-hybridized carbons (Fsp3) is 0.350. The molecule has 0 spiro atoms. The van der Waals surface area contributed by atoms with Crippen LogP contribution >= 0.6 is 0 Å². The van der Waals surface area contributed by atoms with E-state index in [-0.39, 0.29) is 5.56 Å². The van der Waals surface area contributed by atoms with Crippen LogP contribution in [0.5, 0.6) is 0 Å². The Morgan fingerprint density at radius 2 is 1.96 bits per heavy atom. The first-order valence-electron chi connectivity index (χ1n) is 8.41. The van der Waals surface area contributed by atoms with Gasteiger partial charge >= 0.3 is 5.97 Å². The van der Waals surface area contributed by atoms with Crippen LogP contribution in [0, 0.1) is 5.92 Å². The number of carbonyl (C=O) groups is 1. The summed E-state index contributed by atoms with van der Waals surface area (Å²) in [7, 11) is 1.69. The number of hydrogen-bond acceptors (Lipinski definition) is 4. The van der Waals surface area contributed by atoms with Gasteiger partial charge in [0.1, 0.15) is 0 Å². The zero-order chi connectivity index (χ0) is 18.7. The quantitative estimate of drug-likeness (QED) is 0.283. The van der Waals surface area contributed by atoms with Gasteiger partial charge in [-0.2, -0.15) is 0 Å². The van der Waals surface area contributed by atoms with E-state index in [1.165, 1.54) is 17.1 Å². The topological polar surface area (TPSA) is 75.8 Å². The van der Waals surface area contributed by atoms with Gasteiger partial charge in [0.2, 0.25) is 0 Å². The van der Waals surface area contributed by atoms with E-state index in [0.29, 0.717) is 5.92 Å². The number of benzene rings is 1. The molecular weight excluding hydrogens is 316 g/mol. The Labute approximate surface area is 150 Å². The molecular formula is C20H28N2O3. The lowest BCUT2D eigenvalue weighted by Crippen LogP contribution is -2.24. The highest BCUT2D eigenvalue weighted by molar-refractivity contribution is 5.88. The van der Waals surface area contributed by atoms with Crippen LogP contribution in [0.2, 0.25) is 0 Å². The van der Waals surface area contributed by atoms with E-state index in [2.05, 4.69) is 32.1 Å². The molecule has 0 saturated heterocycles. The number of hydrogen-bond donors (Lipinski definition) is 2. The zero-order valence-corrected chi connectivity index (χ0v) is 15.2. The van der Waals surface area contributed by atoms with Crippen LogP contribution in [0.15, 0.2) is 60.5 Å². The number of nitrogens with two attached hydrogens (primary N) is 1. The largest absolute Gasteiger partial charge is 0.501 e. The molecule has 0 aliphatic rings. The number of rotatable bonds is 10. The molecule has 1 aromatic rings. The summed E-state index contributed by atoms with van der Waals surface area (Å²) in [6, 6.07) is 6.43. The SMILES string of the molecule is CC/C=C\C/C(=C\C(C)C/C=C\N(N)c1ccc(C(=O)O)cc1)OC. The van der Waals surface area contributed by atoms with E-state index in [4.69, 9.17) is 15.7 Å². The number of aromatic carboxylic acids is 1. The van der Waals surface area contributed by atoms with Crippen LogP contribution < -0.4 is 10.9 Å². The van der Waals surface area contributed by atoms with Crippen molar-refractivity contribution in [3.8, 4) is 0 Å². The van der Waals surface area contributed by atoms with Crippen molar-refractivity contribution in [3.05, 3.63) is 66.1 Å². The molecule has 0 amide bonds. The molecule has 1 rings (SSSR count). The molecule has 3 N–H and O–H groups in total. The average Bonchev–Trinajstić information content (AvgIpc) is 2.61. The number of hydrazine groups is 1. The minimum Gasteiger partial charge on any atom is -0.501 e. The van der Waals surface area contributed by atoms with Crippen LogP contribution in [0.1, 0.15) is 43.5 Å². The second-order valence-corrected chi connectivity index (χ2v) is 5.78. The number of carboxylic acid groups (broad SMARTS) is 1. The molecule has 0 aliphatic carbocycles. The smallest absolute Gasteiger partial charge is 0.335 e. The molecule has 5 heteroatoms. The van der Waals surface area contributed by atoms with Crippen molar-refractivity contribution in [1.82, 2.24) is 0 Å². The van der Waals surface area contributed by atoms with Crippen LogP contribution in [0.4, 0.5) is 5.69 Å². The van der Waals surface area contributed by atoms with Gasteiger partial charge in [-0.05, 0) is 49.1 Å². The van der Waals surface area contributed by atoms with Crippen LogP contribution in [-0.2, 0) is 4.74 Å². The molecule has 0 saturated carbocycles. The number of methoxy groups -OCH3 is 1. The summed E-state index contributed by atoms with van der Waals surface area (Å²) in [5, 5.41) is 10.4. The lowest BCUT2D eigenvalue weighted by atomic mass is 10.1. The van der Waals surface area contributed by atoms with Crippen molar-refractivity contribution >= 4 is 11.7 Å². The summed E-state index contributed by atoms with van der Waals surface area (Å²) >= 11 is 0. The van der Waals surface area contributed by atoms with E-state index in [1.54, 1.807) is 25.4 Å². The van der Waals surface area contributed by atoms with Gasteiger partial charge in [-0.1, -0.05) is 32.1 Å². The molecule has 136 valence electrons. The molecule has 0 bridgehead atoms. The average molecular weight is 344 g/mol. The molecule has 0 heterocycles. The molecule has 25 heavy (non-hydrogen) atoms. The predicted octanol–water partition coefficient (Wildman–Crippen LogP) is 4.49.